The van der Waals surface area contributed by atoms with Crippen molar-refractivity contribution < 1.29 is 19.0 Å². The lowest BCUT2D eigenvalue weighted by molar-refractivity contribution is 0.102. The van der Waals surface area contributed by atoms with E-state index >= 15 is 0 Å². The minimum absolute atomic E-state index is 0.300. The number of rotatable bonds is 6. The standard InChI is InChI=1S/C19H23N3O4/c1-24-15-10-13(11-16(25-2)18(15)26-3)19(23)21-17-7-6-14(12-20-17)22-8-4-5-9-22/h6-7,10-12H,4-5,8-9H2,1-3H3,(H,20,21,23). The minimum atomic E-state index is -0.300. The van der Waals surface area contributed by atoms with Crippen molar-refractivity contribution in [3.63, 3.8) is 0 Å². The molecule has 0 unspecified atom stereocenters. The van der Waals surface area contributed by atoms with E-state index in [0.717, 1.165) is 18.8 Å². The maximum Gasteiger partial charge on any atom is 0.257 e. The summed E-state index contributed by atoms with van der Waals surface area (Å²) in [5, 5.41) is 2.80. The van der Waals surface area contributed by atoms with E-state index in [9.17, 15) is 4.79 Å². The molecule has 7 heteroatoms. The molecule has 1 saturated heterocycles. The van der Waals surface area contributed by atoms with Crippen LogP contribution in [0.4, 0.5) is 11.5 Å². The smallest absolute Gasteiger partial charge is 0.257 e. The average molecular weight is 357 g/mol. The summed E-state index contributed by atoms with van der Waals surface area (Å²) in [5.41, 5.74) is 1.47. The summed E-state index contributed by atoms with van der Waals surface area (Å²) in [5.74, 6) is 1.49. The highest BCUT2D eigenvalue weighted by Gasteiger charge is 2.18. The third-order valence-corrected chi connectivity index (χ3v) is 4.39. The van der Waals surface area contributed by atoms with Crippen molar-refractivity contribution in [3.05, 3.63) is 36.0 Å². The molecule has 1 N–H and O–H groups in total. The van der Waals surface area contributed by atoms with Crippen molar-refractivity contribution in [2.75, 3.05) is 44.6 Å². The van der Waals surface area contributed by atoms with Gasteiger partial charge in [0.15, 0.2) is 11.5 Å². The summed E-state index contributed by atoms with van der Waals surface area (Å²) < 4.78 is 15.8. The molecule has 1 aliphatic heterocycles. The Morgan fingerprint density at radius 1 is 1.04 bits per heavy atom. The normalized spacial score (nSPS) is 13.4. The summed E-state index contributed by atoms with van der Waals surface area (Å²) >= 11 is 0. The van der Waals surface area contributed by atoms with Crippen LogP contribution in [0.1, 0.15) is 23.2 Å². The highest BCUT2D eigenvalue weighted by molar-refractivity contribution is 6.04. The van der Waals surface area contributed by atoms with E-state index in [1.54, 1.807) is 18.3 Å². The summed E-state index contributed by atoms with van der Waals surface area (Å²) in [6.45, 7) is 2.11. The zero-order valence-corrected chi connectivity index (χ0v) is 15.2. The van der Waals surface area contributed by atoms with Gasteiger partial charge in [-0.25, -0.2) is 4.98 Å². The number of benzene rings is 1. The maximum atomic E-state index is 12.6. The molecule has 2 aromatic rings. The van der Waals surface area contributed by atoms with Crippen molar-refractivity contribution in [2.45, 2.75) is 12.8 Å². The second-order valence-electron chi connectivity index (χ2n) is 5.96. The number of aromatic nitrogens is 1. The topological polar surface area (TPSA) is 72.9 Å². The van der Waals surface area contributed by atoms with E-state index in [0.29, 0.717) is 28.6 Å². The molecule has 0 saturated carbocycles. The van der Waals surface area contributed by atoms with Crippen LogP contribution in [0.5, 0.6) is 17.2 Å². The Morgan fingerprint density at radius 3 is 2.19 bits per heavy atom. The van der Waals surface area contributed by atoms with Gasteiger partial charge in [-0.2, -0.15) is 0 Å². The first-order valence-corrected chi connectivity index (χ1v) is 8.48. The van der Waals surface area contributed by atoms with Crippen LogP contribution < -0.4 is 24.4 Å². The Bertz CT molecular complexity index is 746. The van der Waals surface area contributed by atoms with Crippen LogP contribution in [0.2, 0.25) is 0 Å². The predicted molar refractivity (Wildman–Crippen MR) is 99.7 cm³/mol. The highest BCUT2D eigenvalue weighted by Crippen LogP contribution is 2.38. The molecule has 1 amide bonds. The van der Waals surface area contributed by atoms with E-state index in [-0.39, 0.29) is 5.91 Å². The maximum absolute atomic E-state index is 12.6. The number of nitrogens with one attached hydrogen (secondary N) is 1. The minimum Gasteiger partial charge on any atom is -0.493 e. The molecule has 1 aliphatic rings. The Labute approximate surface area is 152 Å². The third kappa shape index (κ3) is 3.66. The Morgan fingerprint density at radius 2 is 1.69 bits per heavy atom. The molecule has 1 fully saturated rings. The molecule has 2 heterocycles. The molecule has 0 radical (unpaired) electrons. The van der Waals surface area contributed by atoms with Crippen LogP contribution in [-0.2, 0) is 0 Å². The average Bonchev–Trinajstić information content (AvgIpc) is 3.22. The number of anilines is 2. The lowest BCUT2D eigenvalue weighted by Crippen LogP contribution is -2.18. The SMILES string of the molecule is COc1cc(C(=O)Nc2ccc(N3CCCC3)cn2)cc(OC)c1OC. The summed E-state index contributed by atoms with van der Waals surface area (Å²) in [7, 11) is 4.54. The van der Waals surface area contributed by atoms with E-state index < -0.39 is 0 Å². The lowest BCUT2D eigenvalue weighted by atomic mass is 10.1. The van der Waals surface area contributed by atoms with Gasteiger partial charge in [-0.05, 0) is 37.1 Å². The first-order chi connectivity index (χ1) is 12.7. The number of amides is 1. The van der Waals surface area contributed by atoms with Crippen LogP contribution in [0, 0.1) is 0 Å². The van der Waals surface area contributed by atoms with Gasteiger partial charge in [0.1, 0.15) is 5.82 Å². The second kappa shape index (κ2) is 7.95. The monoisotopic (exact) mass is 357 g/mol. The molecule has 0 aliphatic carbocycles. The van der Waals surface area contributed by atoms with E-state index in [1.165, 1.54) is 34.2 Å². The van der Waals surface area contributed by atoms with Gasteiger partial charge in [-0.3, -0.25) is 4.79 Å². The van der Waals surface area contributed by atoms with Crippen molar-refractivity contribution in [3.8, 4) is 17.2 Å². The van der Waals surface area contributed by atoms with Crippen molar-refractivity contribution in [1.29, 1.82) is 0 Å². The number of nitrogens with zero attached hydrogens (tertiary/aromatic N) is 2. The molecule has 1 aromatic carbocycles. The number of carbonyl (C=O) groups excluding carboxylic acids is 1. The summed E-state index contributed by atoms with van der Waals surface area (Å²) in [6.07, 6.45) is 4.20. The van der Waals surface area contributed by atoms with Crippen LogP contribution in [0.3, 0.4) is 0 Å². The van der Waals surface area contributed by atoms with Crippen LogP contribution in [0.15, 0.2) is 30.5 Å². The number of carbonyl (C=O) groups is 1. The molecule has 26 heavy (non-hydrogen) atoms. The molecule has 3 rings (SSSR count). The van der Waals surface area contributed by atoms with E-state index in [4.69, 9.17) is 14.2 Å². The Kier molecular flexibility index (Phi) is 5.46. The molecule has 138 valence electrons. The van der Waals surface area contributed by atoms with Gasteiger partial charge in [0.05, 0.1) is 33.2 Å². The van der Waals surface area contributed by atoms with Gasteiger partial charge >= 0.3 is 0 Å². The fourth-order valence-corrected chi connectivity index (χ4v) is 3.02. The van der Waals surface area contributed by atoms with Gasteiger partial charge < -0.3 is 24.4 Å². The van der Waals surface area contributed by atoms with Crippen LogP contribution in [0.25, 0.3) is 0 Å². The Hall–Kier alpha value is -2.96. The first kappa shape index (κ1) is 17.8. The number of pyridine rings is 1. The molecular weight excluding hydrogens is 334 g/mol. The quantitative estimate of drug-likeness (QED) is 0.857. The molecule has 0 spiro atoms. The zero-order chi connectivity index (χ0) is 18.5. The van der Waals surface area contributed by atoms with E-state index in [2.05, 4.69) is 15.2 Å². The largest absolute Gasteiger partial charge is 0.493 e. The van der Waals surface area contributed by atoms with Crippen molar-refractivity contribution in [1.82, 2.24) is 4.98 Å². The molecule has 1 aromatic heterocycles. The van der Waals surface area contributed by atoms with Crippen LogP contribution in [-0.4, -0.2) is 45.3 Å². The van der Waals surface area contributed by atoms with Gasteiger partial charge in [0, 0.05) is 18.7 Å². The van der Waals surface area contributed by atoms with Gasteiger partial charge in [0.2, 0.25) is 5.75 Å². The molecule has 0 atom stereocenters. The third-order valence-electron chi connectivity index (χ3n) is 4.39. The number of methoxy groups -OCH3 is 3. The summed E-state index contributed by atoms with van der Waals surface area (Å²) in [4.78, 5) is 19.2. The number of hydrogen-bond donors (Lipinski definition) is 1. The fourth-order valence-electron chi connectivity index (χ4n) is 3.02. The van der Waals surface area contributed by atoms with Gasteiger partial charge in [0.25, 0.3) is 5.91 Å². The summed E-state index contributed by atoms with van der Waals surface area (Å²) in [6, 6.07) is 7.00. The number of hydrogen-bond acceptors (Lipinski definition) is 6. The molecular formula is C19H23N3O4. The first-order valence-electron chi connectivity index (χ1n) is 8.48. The lowest BCUT2D eigenvalue weighted by Gasteiger charge is -2.17. The van der Waals surface area contributed by atoms with E-state index in [1.807, 2.05) is 12.1 Å². The number of ether oxygens (including phenoxy) is 3. The molecule has 7 nitrogen and oxygen atoms in total. The fraction of sp³-hybridized carbons (Fsp3) is 0.368. The molecule has 0 bridgehead atoms. The van der Waals surface area contributed by atoms with Crippen LogP contribution >= 0.6 is 0 Å². The zero-order valence-electron chi connectivity index (χ0n) is 15.2. The van der Waals surface area contributed by atoms with Gasteiger partial charge in [-0.1, -0.05) is 0 Å². The second-order valence-corrected chi connectivity index (χ2v) is 5.96. The predicted octanol–water partition coefficient (Wildman–Crippen LogP) is 2.96. The van der Waals surface area contributed by atoms with Crippen molar-refractivity contribution >= 4 is 17.4 Å². The Balaban J connectivity index is 1.77. The van der Waals surface area contributed by atoms with Gasteiger partial charge in [-0.15, -0.1) is 0 Å². The van der Waals surface area contributed by atoms with Crippen molar-refractivity contribution in [2.24, 2.45) is 0 Å². The highest BCUT2D eigenvalue weighted by atomic mass is 16.5.